The molecule has 108 valence electrons. The SMILES string of the molecule is CC(C)(C)OC(=O)C(C)(C)O/N=C(\OC=O)C(=N)N. The van der Waals surface area contributed by atoms with Crippen molar-refractivity contribution in [3.05, 3.63) is 0 Å². The molecule has 0 atom stereocenters. The average Bonchev–Trinajstić information content (AvgIpc) is 2.21. The fourth-order valence-electron chi connectivity index (χ4n) is 0.774. The molecule has 0 aromatic carbocycles. The molecule has 0 aliphatic carbocycles. The number of oxime groups is 1. The molecule has 0 radical (unpaired) electrons. The highest BCUT2D eigenvalue weighted by molar-refractivity contribution is 6.36. The molecule has 0 amide bonds. The molecule has 0 saturated heterocycles. The van der Waals surface area contributed by atoms with Crippen LogP contribution in [-0.4, -0.2) is 35.4 Å². The lowest BCUT2D eigenvalue weighted by Crippen LogP contribution is -2.40. The number of nitrogens with zero attached hydrogens (tertiary/aromatic N) is 1. The van der Waals surface area contributed by atoms with Gasteiger partial charge in [0.25, 0.3) is 12.4 Å². The number of rotatable bonds is 4. The minimum absolute atomic E-state index is 0.0457. The Bertz CT molecular complexity index is 396. The van der Waals surface area contributed by atoms with Crippen LogP contribution >= 0.6 is 0 Å². The number of nitrogens with two attached hydrogens (primary N) is 1. The van der Waals surface area contributed by atoms with Gasteiger partial charge in [0, 0.05) is 0 Å². The maximum absolute atomic E-state index is 11.8. The fraction of sp³-hybridized carbons (Fsp3) is 0.636. The molecule has 0 heterocycles. The number of esters is 1. The van der Waals surface area contributed by atoms with E-state index in [1.807, 2.05) is 0 Å². The van der Waals surface area contributed by atoms with E-state index in [-0.39, 0.29) is 6.47 Å². The van der Waals surface area contributed by atoms with E-state index in [9.17, 15) is 9.59 Å². The molecule has 8 heteroatoms. The van der Waals surface area contributed by atoms with Crippen molar-refractivity contribution in [3.63, 3.8) is 0 Å². The van der Waals surface area contributed by atoms with E-state index < -0.39 is 28.9 Å². The number of ether oxygens (including phenoxy) is 2. The largest absolute Gasteiger partial charge is 0.457 e. The Kier molecular flexibility index (Phi) is 5.48. The summed E-state index contributed by atoms with van der Waals surface area (Å²) in [5, 5.41) is 10.4. The maximum Gasteiger partial charge on any atom is 0.353 e. The predicted molar refractivity (Wildman–Crippen MR) is 67.5 cm³/mol. The average molecular weight is 273 g/mol. The van der Waals surface area contributed by atoms with Gasteiger partial charge in [0.2, 0.25) is 5.60 Å². The lowest BCUT2D eigenvalue weighted by atomic mass is 10.1. The van der Waals surface area contributed by atoms with Gasteiger partial charge in [-0.15, -0.1) is 0 Å². The topological polar surface area (TPSA) is 124 Å². The standard InChI is InChI=1S/C11H19N3O5/c1-10(2,3)18-9(16)11(4,5)19-14-8(7(12)13)17-6-15/h6H,1-5H3,(H3,12,13)/b14-8-. The van der Waals surface area contributed by atoms with Gasteiger partial charge in [0.15, 0.2) is 5.84 Å². The van der Waals surface area contributed by atoms with Crippen LogP contribution < -0.4 is 5.73 Å². The maximum atomic E-state index is 11.8. The molecule has 0 saturated carbocycles. The summed E-state index contributed by atoms with van der Waals surface area (Å²) in [7, 11) is 0. The van der Waals surface area contributed by atoms with Crippen LogP contribution in [0.5, 0.6) is 0 Å². The molecule has 0 fully saturated rings. The smallest absolute Gasteiger partial charge is 0.353 e. The van der Waals surface area contributed by atoms with Crippen molar-refractivity contribution in [2.24, 2.45) is 10.9 Å². The lowest BCUT2D eigenvalue weighted by molar-refractivity contribution is -0.179. The summed E-state index contributed by atoms with van der Waals surface area (Å²) >= 11 is 0. The van der Waals surface area contributed by atoms with Gasteiger partial charge in [-0.2, -0.15) is 0 Å². The molecule has 0 aliphatic heterocycles. The summed E-state index contributed by atoms with van der Waals surface area (Å²) in [4.78, 5) is 26.9. The summed E-state index contributed by atoms with van der Waals surface area (Å²) < 4.78 is 9.45. The second kappa shape index (κ2) is 6.17. The Morgan fingerprint density at radius 3 is 2.16 bits per heavy atom. The van der Waals surface area contributed by atoms with Crippen molar-refractivity contribution in [2.75, 3.05) is 0 Å². The predicted octanol–water partition coefficient (Wildman–Crippen LogP) is 0.546. The summed E-state index contributed by atoms with van der Waals surface area (Å²) in [5.74, 6) is -1.79. The summed E-state index contributed by atoms with van der Waals surface area (Å²) in [6, 6.07) is 0. The third kappa shape index (κ3) is 6.39. The number of amidine groups is 1. The Hall–Kier alpha value is -2.12. The second-order valence-electron chi connectivity index (χ2n) is 5.13. The Morgan fingerprint density at radius 1 is 1.26 bits per heavy atom. The fourth-order valence-corrected chi connectivity index (χ4v) is 0.774. The van der Waals surface area contributed by atoms with Crippen molar-refractivity contribution >= 4 is 24.2 Å². The van der Waals surface area contributed by atoms with E-state index in [2.05, 4.69) is 9.89 Å². The van der Waals surface area contributed by atoms with Crippen LogP contribution in [0, 0.1) is 5.41 Å². The molecule has 0 aliphatic rings. The Balaban J connectivity index is 4.84. The van der Waals surface area contributed by atoms with E-state index in [4.69, 9.17) is 20.7 Å². The van der Waals surface area contributed by atoms with E-state index in [0.717, 1.165) is 0 Å². The van der Waals surface area contributed by atoms with E-state index >= 15 is 0 Å². The summed E-state index contributed by atoms with van der Waals surface area (Å²) in [6.07, 6.45) is 0. The van der Waals surface area contributed by atoms with E-state index in [1.165, 1.54) is 13.8 Å². The van der Waals surface area contributed by atoms with E-state index in [1.54, 1.807) is 20.8 Å². The summed E-state index contributed by atoms with van der Waals surface area (Å²) in [6.45, 7) is 8.01. The van der Waals surface area contributed by atoms with Crippen LogP contribution in [0.1, 0.15) is 34.6 Å². The van der Waals surface area contributed by atoms with Crippen molar-refractivity contribution < 1.29 is 23.9 Å². The van der Waals surface area contributed by atoms with Crippen molar-refractivity contribution in [2.45, 2.75) is 45.8 Å². The number of hydrogen-bond acceptors (Lipinski definition) is 7. The van der Waals surface area contributed by atoms with Crippen LogP contribution in [0.15, 0.2) is 5.16 Å². The van der Waals surface area contributed by atoms with Crippen molar-refractivity contribution in [3.8, 4) is 0 Å². The molecular formula is C11H19N3O5. The van der Waals surface area contributed by atoms with Gasteiger partial charge in [-0.05, 0) is 39.8 Å². The number of carbonyl (C=O) groups excluding carboxylic acids is 2. The highest BCUT2D eigenvalue weighted by Crippen LogP contribution is 2.17. The third-order valence-corrected chi connectivity index (χ3v) is 1.64. The number of carbonyl (C=O) groups is 2. The van der Waals surface area contributed by atoms with Crippen LogP contribution in [0.25, 0.3) is 0 Å². The molecule has 3 N–H and O–H groups in total. The first-order chi connectivity index (χ1) is 8.49. The first-order valence-electron chi connectivity index (χ1n) is 5.44. The molecular weight excluding hydrogens is 254 g/mol. The zero-order valence-corrected chi connectivity index (χ0v) is 11.6. The zero-order chi connectivity index (χ0) is 15.3. The molecule has 0 bridgehead atoms. The molecule has 0 rings (SSSR count). The second-order valence-corrected chi connectivity index (χ2v) is 5.13. The molecule has 0 spiro atoms. The molecule has 0 aromatic rings. The first-order valence-corrected chi connectivity index (χ1v) is 5.44. The van der Waals surface area contributed by atoms with Gasteiger partial charge in [0.05, 0.1) is 0 Å². The van der Waals surface area contributed by atoms with Gasteiger partial charge in [0.1, 0.15) is 5.60 Å². The zero-order valence-electron chi connectivity index (χ0n) is 11.6. The highest BCUT2D eigenvalue weighted by Gasteiger charge is 2.35. The number of nitrogens with one attached hydrogen (secondary N) is 1. The van der Waals surface area contributed by atoms with Crippen LogP contribution in [0.2, 0.25) is 0 Å². The Morgan fingerprint density at radius 2 is 1.79 bits per heavy atom. The van der Waals surface area contributed by atoms with Crippen LogP contribution in [0.3, 0.4) is 0 Å². The quantitative estimate of drug-likeness (QED) is 0.253. The van der Waals surface area contributed by atoms with Gasteiger partial charge in [-0.1, -0.05) is 0 Å². The Labute approximate surface area is 111 Å². The monoisotopic (exact) mass is 273 g/mol. The normalized spacial score (nSPS) is 12.6. The molecule has 8 nitrogen and oxygen atoms in total. The van der Waals surface area contributed by atoms with Gasteiger partial charge in [-0.25, -0.2) is 4.79 Å². The van der Waals surface area contributed by atoms with Crippen molar-refractivity contribution in [1.82, 2.24) is 0 Å². The first kappa shape index (κ1) is 16.9. The summed E-state index contributed by atoms with van der Waals surface area (Å²) in [5.41, 5.74) is 3.01. The van der Waals surface area contributed by atoms with Crippen LogP contribution in [-0.2, 0) is 23.9 Å². The van der Waals surface area contributed by atoms with Gasteiger partial charge < -0.3 is 20.0 Å². The number of hydrogen-bond donors (Lipinski definition) is 2. The van der Waals surface area contributed by atoms with Gasteiger partial charge >= 0.3 is 5.97 Å². The minimum atomic E-state index is -1.42. The highest BCUT2D eigenvalue weighted by atomic mass is 16.7. The lowest BCUT2D eigenvalue weighted by Gasteiger charge is -2.26. The minimum Gasteiger partial charge on any atom is -0.457 e. The van der Waals surface area contributed by atoms with Crippen molar-refractivity contribution in [1.29, 1.82) is 5.41 Å². The molecule has 19 heavy (non-hydrogen) atoms. The third-order valence-electron chi connectivity index (χ3n) is 1.64. The van der Waals surface area contributed by atoms with Gasteiger partial charge in [-0.3, -0.25) is 10.2 Å². The van der Waals surface area contributed by atoms with Crippen LogP contribution in [0.4, 0.5) is 0 Å². The molecule has 0 unspecified atom stereocenters. The van der Waals surface area contributed by atoms with E-state index in [0.29, 0.717) is 0 Å². The molecule has 0 aromatic heterocycles.